The van der Waals surface area contributed by atoms with Gasteiger partial charge in [-0.15, -0.1) is 0 Å². The summed E-state index contributed by atoms with van der Waals surface area (Å²) in [5.74, 6) is 0. The molecule has 0 fully saturated rings. The molecule has 3 nitrogen and oxygen atoms in total. The third-order valence-corrected chi connectivity index (χ3v) is 19.8. The normalized spacial score (nSPS) is 14.7. The van der Waals surface area contributed by atoms with Crippen molar-refractivity contribution in [3.63, 3.8) is 0 Å². The monoisotopic (exact) mass is 1110 g/mol. The number of allylic oxidation sites excluding steroid dienone is 4. The number of para-hydroxylation sites is 4. The Balaban J connectivity index is 0.990. The van der Waals surface area contributed by atoms with Crippen molar-refractivity contribution in [1.29, 1.82) is 0 Å². The summed E-state index contributed by atoms with van der Waals surface area (Å²) in [4.78, 5) is 2.49. The van der Waals surface area contributed by atoms with Gasteiger partial charge in [-0.3, -0.25) is 0 Å². The first-order chi connectivity index (χ1) is 29.5. The van der Waals surface area contributed by atoms with E-state index < -0.39 is 20.7 Å². The number of nitrogens with zero attached hydrogens (tertiary/aromatic N) is 3. The van der Waals surface area contributed by atoms with Crippen LogP contribution in [0.2, 0.25) is 0 Å². The Labute approximate surface area is 377 Å². The number of aromatic nitrogens is 2. The van der Waals surface area contributed by atoms with Crippen LogP contribution in [0.1, 0.15) is 27.8 Å². The Kier molecular flexibility index (Phi) is 8.92. The van der Waals surface area contributed by atoms with Crippen molar-refractivity contribution in [2.45, 2.75) is 20.8 Å². The molecule has 0 saturated carbocycles. The minimum Gasteiger partial charge on any atom is -0.305 e. The fourth-order valence-corrected chi connectivity index (χ4v) is 17.0. The topological polar surface area (TPSA) is 12.6 Å². The van der Waals surface area contributed by atoms with Gasteiger partial charge >= 0.3 is 0 Å². The van der Waals surface area contributed by atoms with E-state index in [1.807, 2.05) is 0 Å². The number of rotatable bonds is 6. The minimum absolute atomic E-state index is 0.243. The first kappa shape index (κ1) is 36.8. The van der Waals surface area contributed by atoms with Gasteiger partial charge in [0.1, 0.15) is 0 Å². The lowest BCUT2D eigenvalue weighted by atomic mass is 9.98. The van der Waals surface area contributed by atoms with Crippen molar-refractivity contribution >= 4 is 139 Å². The third kappa shape index (κ3) is 5.59. The Morgan fingerprint density at radius 3 is 1.97 bits per heavy atom. The number of halogens is 3. The molecule has 3 aliphatic heterocycles. The molecular formula is C54H38I3N3. The van der Waals surface area contributed by atoms with Crippen LogP contribution in [-0.4, -0.2) is 12.6 Å². The summed E-state index contributed by atoms with van der Waals surface area (Å²) in [6.45, 7) is 6.92. The molecule has 6 heteroatoms. The van der Waals surface area contributed by atoms with Crippen LogP contribution in [0.25, 0.3) is 67.1 Å². The second-order valence-corrected chi connectivity index (χ2v) is 22.6. The molecule has 9 aromatic rings. The molecule has 0 spiro atoms. The lowest BCUT2D eigenvalue weighted by Crippen LogP contribution is -2.24. The quantitative estimate of drug-likeness (QED) is 0.151. The second-order valence-electron chi connectivity index (χ2n) is 15.6. The molecule has 0 bridgehead atoms. The lowest BCUT2D eigenvalue weighted by Gasteiger charge is -2.28. The average molecular weight is 1110 g/mol. The maximum Gasteiger partial charge on any atom is 0.0873 e. The van der Waals surface area contributed by atoms with Crippen LogP contribution >= 0.6 is 62.2 Å². The van der Waals surface area contributed by atoms with E-state index in [1.54, 1.807) is 0 Å². The summed E-state index contributed by atoms with van der Waals surface area (Å²) in [5.41, 5.74) is 17.2. The third-order valence-electron chi connectivity index (χ3n) is 12.3. The molecule has 0 amide bonds. The summed E-state index contributed by atoms with van der Waals surface area (Å²) in [5, 5.41) is 8.23. The molecule has 0 N–H and O–H groups in total. The zero-order chi connectivity index (χ0) is 40.1. The van der Waals surface area contributed by atoms with E-state index in [-0.39, 0.29) is 41.5 Å². The summed E-state index contributed by atoms with van der Waals surface area (Å²) in [6, 6.07) is 47.4. The van der Waals surface area contributed by atoms with E-state index in [1.165, 1.54) is 115 Å². The van der Waals surface area contributed by atoms with Gasteiger partial charge in [0.05, 0.1) is 38.1 Å². The summed E-state index contributed by atoms with van der Waals surface area (Å²) in [7, 11) is 0. The highest BCUT2D eigenvalue weighted by Crippen LogP contribution is 2.40. The molecule has 12 rings (SSSR count). The molecule has 6 aromatic carbocycles. The molecular weight excluding hydrogens is 1070 g/mol. The first-order valence-electron chi connectivity index (χ1n) is 20.2. The fourth-order valence-electron chi connectivity index (χ4n) is 9.51. The second kappa shape index (κ2) is 14.6. The SMILES string of the molecule is Cc1c(C2=CI=c3c(c4ccccc4n3-c3cccc(C4=CI=c5c(c6cccc7c8cccc(C)c8n5c67)=C4)c3C)=C2)cccc1N(C1=IC=CC=C1)c1ccccc1. The van der Waals surface area contributed by atoms with Crippen LogP contribution in [-0.2, 0) is 0 Å². The van der Waals surface area contributed by atoms with Gasteiger partial charge in [0.15, 0.2) is 0 Å². The van der Waals surface area contributed by atoms with Crippen LogP contribution in [0.15, 0.2) is 158 Å². The molecule has 0 unspecified atom stereocenters. The highest BCUT2D eigenvalue weighted by Gasteiger charge is 2.22. The maximum absolute atomic E-state index is 2.61. The number of hydrogen-bond donors (Lipinski definition) is 0. The van der Waals surface area contributed by atoms with Crippen LogP contribution in [0.5, 0.6) is 0 Å². The molecule has 0 atom stereocenters. The van der Waals surface area contributed by atoms with Gasteiger partial charge in [0.25, 0.3) is 0 Å². The Bertz CT molecular complexity index is 3740. The summed E-state index contributed by atoms with van der Waals surface area (Å²) >= 11 is -1.07. The van der Waals surface area contributed by atoms with Crippen LogP contribution in [0.3, 0.4) is 0 Å². The van der Waals surface area contributed by atoms with E-state index in [0.29, 0.717) is 0 Å². The molecule has 290 valence electrons. The summed E-state index contributed by atoms with van der Waals surface area (Å²) in [6.07, 6.45) is 11.6. The number of anilines is 2. The number of fused-ring (bicyclic) bond motifs is 9. The largest absolute Gasteiger partial charge is 0.305 e. The zero-order valence-electron chi connectivity index (χ0n) is 33.2. The smallest absolute Gasteiger partial charge is 0.0873 e. The molecule has 0 radical (unpaired) electrons. The zero-order valence-corrected chi connectivity index (χ0v) is 39.7. The average Bonchev–Trinajstić information content (AvgIpc) is 3.93. The molecule has 60 heavy (non-hydrogen) atoms. The molecule has 0 aliphatic carbocycles. The highest BCUT2D eigenvalue weighted by atomic mass is 127. The van der Waals surface area contributed by atoms with Crippen LogP contribution in [0, 0.1) is 27.3 Å². The minimum atomic E-state index is -0.458. The van der Waals surface area contributed by atoms with E-state index in [2.05, 4.69) is 205 Å². The van der Waals surface area contributed by atoms with Crippen molar-refractivity contribution in [3.05, 3.63) is 203 Å². The summed E-state index contributed by atoms with van der Waals surface area (Å²) < 4.78 is 17.1. The molecule has 0 saturated heterocycles. The van der Waals surface area contributed by atoms with Gasteiger partial charge in [-0.1, -0.05) is 171 Å². The number of aryl methyl sites for hydroxylation is 1. The van der Waals surface area contributed by atoms with Crippen molar-refractivity contribution in [2.24, 2.45) is 0 Å². The van der Waals surface area contributed by atoms with Crippen molar-refractivity contribution < 1.29 is 0 Å². The Morgan fingerprint density at radius 2 is 1.17 bits per heavy atom. The van der Waals surface area contributed by atoms with Gasteiger partial charge < -0.3 is 13.9 Å². The van der Waals surface area contributed by atoms with E-state index in [4.69, 9.17) is 0 Å². The predicted octanol–water partition coefficient (Wildman–Crippen LogP) is 14.0. The van der Waals surface area contributed by atoms with Crippen molar-refractivity contribution in [1.82, 2.24) is 8.97 Å². The Hall–Kier alpha value is -5.04. The van der Waals surface area contributed by atoms with Gasteiger partial charge in [-0.2, -0.15) is 0 Å². The highest BCUT2D eigenvalue weighted by molar-refractivity contribution is 14.2. The van der Waals surface area contributed by atoms with Crippen LogP contribution < -0.4 is 15.3 Å². The first-order valence-corrected chi connectivity index (χ1v) is 27.2. The fraction of sp³-hybridized carbons (Fsp3) is 0.0556. The predicted molar refractivity (Wildman–Crippen MR) is 283 cm³/mol. The van der Waals surface area contributed by atoms with Gasteiger partial charge in [-0.25, -0.2) is 0 Å². The van der Waals surface area contributed by atoms with Gasteiger partial charge in [0.2, 0.25) is 0 Å². The van der Waals surface area contributed by atoms with Crippen LogP contribution in [0.4, 0.5) is 11.4 Å². The molecule has 3 aliphatic rings. The van der Waals surface area contributed by atoms with Crippen molar-refractivity contribution in [2.75, 3.05) is 4.90 Å². The molecule has 3 aromatic heterocycles. The lowest BCUT2D eigenvalue weighted by molar-refractivity contribution is 1.08. The number of hydrogen-bond acceptors (Lipinski definition) is 1. The standard InChI is InChI=1S/C54H38I3N3/c1-33-15-11-21-42-43-22-12-23-44-46-30-37(32-57-54(46)60(51(33)42)52(43)44)40-20-14-26-48(35(40)3)59-49-24-8-7-18-41(49)45-29-36(31-56-53(45)59)39-19-13-25-47(34(39)2)58(38-16-5-4-6-17-38)50-27-9-10-28-55-50/h4-32H,1-3H3. The van der Waals surface area contributed by atoms with E-state index in [0.717, 1.165) is 0 Å². The van der Waals surface area contributed by atoms with Crippen molar-refractivity contribution in [3.8, 4) is 5.69 Å². The van der Waals surface area contributed by atoms with E-state index >= 15 is 0 Å². The maximum atomic E-state index is 2.61. The van der Waals surface area contributed by atoms with Gasteiger partial charge in [-0.05, 0) is 121 Å². The number of benzene rings is 6. The van der Waals surface area contributed by atoms with E-state index in [9.17, 15) is 0 Å². The molecule has 6 heterocycles. The van der Waals surface area contributed by atoms with Gasteiger partial charge in [0, 0.05) is 37.7 Å². The Morgan fingerprint density at radius 1 is 0.517 bits per heavy atom.